The Balaban J connectivity index is 1.75. The second kappa shape index (κ2) is 5.27. The Morgan fingerprint density at radius 2 is 1.75 bits per heavy atom. The summed E-state index contributed by atoms with van der Waals surface area (Å²) < 4.78 is 0. The highest BCUT2D eigenvalue weighted by molar-refractivity contribution is 6.10. The van der Waals surface area contributed by atoms with Crippen LogP contribution in [0.4, 0.5) is 10.5 Å². The third-order valence-electron chi connectivity index (χ3n) is 3.82. The van der Waals surface area contributed by atoms with Crippen molar-refractivity contribution in [2.75, 3.05) is 5.32 Å². The fourth-order valence-corrected chi connectivity index (χ4v) is 2.66. The number of phenols is 1. The van der Waals surface area contributed by atoms with Gasteiger partial charge in [0.2, 0.25) is 0 Å². The van der Waals surface area contributed by atoms with Crippen LogP contribution >= 0.6 is 0 Å². The van der Waals surface area contributed by atoms with E-state index < -0.39 is 11.9 Å². The number of rotatable bonds is 2. The Bertz CT molecular complexity index is 1140. The molecular formula is C18H11N3O3. The van der Waals surface area contributed by atoms with Crippen LogP contribution in [0.15, 0.2) is 64.6 Å². The summed E-state index contributed by atoms with van der Waals surface area (Å²) in [7, 11) is 0. The zero-order chi connectivity index (χ0) is 16.7. The van der Waals surface area contributed by atoms with Crippen molar-refractivity contribution in [1.29, 1.82) is 0 Å². The van der Waals surface area contributed by atoms with E-state index in [0.717, 1.165) is 10.8 Å². The molecule has 0 saturated carbocycles. The number of aromatic hydroxyl groups is 1. The molecular weight excluding hydrogens is 306 g/mol. The number of fused-ring (bicyclic) bond motifs is 2. The number of amides is 3. The van der Waals surface area contributed by atoms with Crippen LogP contribution in [0.5, 0.6) is 5.75 Å². The fourth-order valence-electron chi connectivity index (χ4n) is 2.66. The first kappa shape index (κ1) is 14.1. The van der Waals surface area contributed by atoms with Crippen molar-refractivity contribution in [3.05, 3.63) is 70.9 Å². The fraction of sp³-hybridized carbons (Fsp3) is 0. The van der Waals surface area contributed by atoms with E-state index in [1.165, 1.54) is 12.1 Å². The number of benzene rings is 3. The predicted octanol–water partition coefficient (Wildman–Crippen LogP) is 2.17. The van der Waals surface area contributed by atoms with Gasteiger partial charge in [-0.1, -0.05) is 30.3 Å². The van der Waals surface area contributed by atoms with Crippen molar-refractivity contribution < 1.29 is 14.7 Å². The van der Waals surface area contributed by atoms with Gasteiger partial charge >= 0.3 is 6.03 Å². The summed E-state index contributed by atoms with van der Waals surface area (Å²) >= 11 is 0. The van der Waals surface area contributed by atoms with Gasteiger partial charge in [0.1, 0.15) is 5.75 Å². The number of anilines is 1. The second-order valence-electron chi connectivity index (χ2n) is 5.34. The lowest BCUT2D eigenvalue weighted by atomic mass is 10.1. The number of hydrogen-bond acceptors (Lipinski definition) is 3. The van der Waals surface area contributed by atoms with Crippen molar-refractivity contribution in [3.8, 4) is 5.75 Å². The van der Waals surface area contributed by atoms with E-state index in [1.807, 2.05) is 24.3 Å². The molecule has 3 aromatic rings. The number of urea groups is 1. The average molecular weight is 317 g/mol. The van der Waals surface area contributed by atoms with Gasteiger partial charge < -0.3 is 10.4 Å². The summed E-state index contributed by atoms with van der Waals surface area (Å²) in [6, 6.07) is 14.8. The van der Waals surface area contributed by atoms with E-state index >= 15 is 0 Å². The monoisotopic (exact) mass is 317 g/mol. The zero-order valence-electron chi connectivity index (χ0n) is 12.4. The van der Waals surface area contributed by atoms with Crippen LogP contribution in [-0.2, 0) is 0 Å². The Morgan fingerprint density at radius 1 is 0.958 bits per heavy atom. The molecule has 2 N–H and O–H groups in total. The molecule has 0 bridgehead atoms. The molecule has 24 heavy (non-hydrogen) atoms. The molecule has 0 radical (unpaired) electrons. The predicted molar refractivity (Wildman–Crippen MR) is 87.7 cm³/mol. The van der Waals surface area contributed by atoms with Crippen LogP contribution in [0, 0.1) is 0 Å². The second-order valence-corrected chi connectivity index (χ2v) is 5.34. The molecule has 0 aromatic heterocycles. The van der Waals surface area contributed by atoms with Gasteiger partial charge in [-0.3, -0.25) is 4.79 Å². The third kappa shape index (κ3) is 2.30. The number of carbonyl (C=O) groups excluding carboxylic acids is 2. The molecule has 4 rings (SSSR count). The van der Waals surface area contributed by atoms with Crippen LogP contribution in [0.3, 0.4) is 0 Å². The van der Waals surface area contributed by atoms with Crippen molar-refractivity contribution in [2.45, 2.75) is 0 Å². The first-order chi connectivity index (χ1) is 11.6. The smallest absolute Gasteiger partial charge is 0.368 e. The number of hydrogen-bond donors (Lipinski definition) is 2. The van der Waals surface area contributed by atoms with Gasteiger partial charge in [-0.2, -0.15) is 9.98 Å². The molecule has 0 saturated heterocycles. The van der Waals surface area contributed by atoms with E-state index in [2.05, 4.69) is 15.3 Å². The van der Waals surface area contributed by atoms with Crippen molar-refractivity contribution in [1.82, 2.24) is 0 Å². The standard InChI is InChI=1S/C18H11N3O3/c22-15-8-6-10-3-1-2-4-12(10)16(15)21-17(23)11-5-7-13-14(9-11)20-18(24)19-13/h1-9,22H,(H,21,23). The van der Waals surface area contributed by atoms with Gasteiger partial charge in [-0.25, -0.2) is 4.79 Å². The minimum atomic E-state index is -0.575. The van der Waals surface area contributed by atoms with Crippen LogP contribution in [0.2, 0.25) is 0 Å². The van der Waals surface area contributed by atoms with Gasteiger partial charge in [0.25, 0.3) is 5.91 Å². The Kier molecular flexibility index (Phi) is 3.09. The largest absolute Gasteiger partial charge is 0.506 e. The topological polar surface area (TPSA) is 91.1 Å². The van der Waals surface area contributed by atoms with Crippen molar-refractivity contribution in [2.24, 2.45) is 9.98 Å². The SMILES string of the molecule is O=C1N=c2ccc(C(=O)Nc3c(O)ccc4ccccc34)cc2=N1. The normalized spacial score (nSPS) is 12.4. The molecule has 1 aliphatic heterocycles. The van der Waals surface area contributed by atoms with E-state index in [0.29, 0.717) is 22.0 Å². The molecule has 3 aromatic carbocycles. The molecule has 0 unspecified atom stereocenters. The lowest BCUT2D eigenvalue weighted by molar-refractivity contribution is 0.102. The molecule has 6 heteroatoms. The molecule has 6 nitrogen and oxygen atoms in total. The maximum atomic E-state index is 12.5. The number of nitrogens with one attached hydrogen (secondary N) is 1. The Labute approximate surface area is 135 Å². The van der Waals surface area contributed by atoms with Crippen LogP contribution in [0.25, 0.3) is 10.8 Å². The Morgan fingerprint density at radius 3 is 2.62 bits per heavy atom. The molecule has 0 atom stereocenters. The van der Waals surface area contributed by atoms with Gasteiger partial charge in [-0.15, -0.1) is 0 Å². The van der Waals surface area contributed by atoms with E-state index in [9.17, 15) is 14.7 Å². The minimum Gasteiger partial charge on any atom is -0.506 e. The highest BCUT2D eigenvalue weighted by Crippen LogP contribution is 2.32. The average Bonchev–Trinajstić information content (AvgIpc) is 2.96. The quantitative estimate of drug-likeness (QED) is 0.710. The number of nitrogens with zero attached hydrogens (tertiary/aromatic N) is 2. The van der Waals surface area contributed by atoms with Crippen molar-refractivity contribution >= 4 is 28.4 Å². The Hall–Kier alpha value is -3.54. The van der Waals surface area contributed by atoms with E-state index in [1.54, 1.807) is 18.2 Å². The van der Waals surface area contributed by atoms with Crippen LogP contribution in [-0.4, -0.2) is 17.0 Å². The maximum Gasteiger partial charge on any atom is 0.368 e. The molecule has 3 amide bonds. The molecule has 1 aliphatic rings. The van der Waals surface area contributed by atoms with Gasteiger partial charge in [0, 0.05) is 10.9 Å². The minimum absolute atomic E-state index is 0.0157. The molecule has 0 aliphatic carbocycles. The van der Waals surface area contributed by atoms with E-state index in [-0.39, 0.29) is 5.75 Å². The number of carbonyl (C=O) groups is 2. The first-order valence-corrected chi connectivity index (χ1v) is 7.25. The summed E-state index contributed by atoms with van der Waals surface area (Å²) in [5.74, 6) is -0.419. The summed E-state index contributed by atoms with van der Waals surface area (Å²) in [6.07, 6.45) is 0. The number of phenolic OH excluding ortho intramolecular Hbond substituents is 1. The summed E-state index contributed by atoms with van der Waals surface area (Å²) in [5, 5.41) is 15.3. The highest BCUT2D eigenvalue weighted by atomic mass is 16.3. The summed E-state index contributed by atoms with van der Waals surface area (Å²) in [6.45, 7) is 0. The highest BCUT2D eigenvalue weighted by Gasteiger charge is 2.14. The molecule has 0 spiro atoms. The molecule has 116 valence electrons. The van der Waals surface area contributed by atoms with E-state index in [4.69, 9.17) is 0 Å². The lowest BCUT2D eigenvalue weighted by Gasteiger charge is -2.10. The van der Waals surface area contributed by atoms with Crippen molar-refractivity contribution in [3.63, 3.8) is 0 Å². The van der Waals surface area contributed by atoms with Crippen LogP contribution < -0.4 is 16.0 Å². The van der Waals surface area contributed by atoms with Gasteiger partial charge in [0.05, 0.1) is 16.4 Å². The van der Waals surface area contributed by atoms with Gasteiger partial charge in [0.15, 0.2) is 0 Å². The first-order valence-electron chi connectivity index (χ1n) is 7.25. The lowest BCUT2D eigenvalue weighted by Crippen LogP contribution is -2.24. The zero-order valence-corrected chi connectivity index (χ0v) is 12.4. The van der Waals surface area contributed by atoms with Crippen LogP contribution in [0.1, 0.15) is 10.4 Å². The third-order valence-corrected chi connectivity index (χ3v) is 3.82. The van der Waals surface area contributed by atoms with Gasteiger partial charge in [-0.05, 0) is 29.7 Å². The maximum absolute atomic E-state index is 12.5. The summed E-state index contributed by atoms with van der Waals surface area (Å²) in [5.41, 5.74) is 0.672. The molecule has 0 fully saturated rings. The molecule has 1 heterocycles. The summed E-state index contributed by atoms with van der Waals surface area (Å²) in [4.78, 5) is 31.2.